The van der Waals surface area contributed by atoms with Gasteiger partial charge in [-0.1, -0.05) is 25.5 Å². The van der Waals surface area contributed by atoms with Crippen LogP contribution < -0.4 is 0 Å². The number of benzene rings is 1. The van der Waals surface area contributed by atoms with Gasteiger partial charge in [-0.05, 0) is 31.0 Å². The summed E-state index contributed by atoms with van der Waals surface area (Å²) in [5, 5.41) is 9.46. The second-order valence-corrected chi connectivity index (χ2v) is 9.07. The Kier molecular flexibility index (Phi) is 6.78. The van der Waals surface area contributed by atoms with E-state index in [0.717, 1.165) is 23.3 Å². The van der Waals surface area contributed by atoms with Gasteiger partial charge in [0.2, 0.25) is 15.9 Å². The molecular formula is C18H25F3N2O4S. The van der Waals surface area contributed by atoms with Crippen molar-refractivity contribution in [3.8, 4) is 0 Å². The molecule has 1 amide bonds. The van der Waals surface area contributed by atoms with E-state index in [1.807, 2.05) is 6.92 Å². The summed E-state index contributed by atoms with van der Waals surface area (Å²) >= 11 is 0. The van der Waals surface area contributed by atoms with Crippen LogP contribution in [-0.4, -0.2) is 66.6 Å². The molecule has 0 radical (unpaired) electrons. The zero-order valence-corrected chi connectivity index (χ0v) is 16.7. The second-order valence-electron chi connectivity index (χ2n) is 7.13. The number of carbonyl (C=O) groups excluding carboxylic acids is 1. The number of carbonyl (C=O) groups is 1. The molecule has 1 N–H and O–H groups in total. The molecule has 1 heterocycles. The molecule has 6 nitrogen and oxygen atoms in total. The highest BCUT2D eigenvalue weighted by atomic mass is 32.2. The van der Waals surface area contributed by atoms with Crippen molar-refractivity contribution in [1.29, 1.82) is 0 Å². The molecule has 0 saturated carbocycles. The maximum atomic E-state index is 12.7. The van der Waals surface area contributed by atoms with Crippen molar-refractivity contribution in [1.82, 2.24) is 9.21 Å². The summed E-state index contributed by atoms with van der Waals surface area (Å²) in [7, 11) is -3.74. The van der Waals surface area contributed by atoms with Crippen LogP contribution in [0.25, 0.3) is 0 Å². The zero-order chi connectivity index (χ0) is 21.2. The third-order valence-electron chi connectivity index (χ3n) is 4.80. The molecule has 2 rings (SSSR count). The summed E-state index contributed by atoms with van der Waals surface area (Å²) in [4.78, 5) is 13.4. The van der Waals surface area contributed by atoms with Crippen LogP contribution in [0.2, 0.25) is 0 Å². The van der Waals surface area contributed by atoms with E-state index in [0.29, 0.717) is 6.92 Å². The molecule has 0 spiro atoms. The predicted molar refractivity (Wildman–Crippen MR) is 97.1 cm³/mol. The van der Waals surface area contributed by atoms with E-state index in [-0.39, 0.29) is 31.1 Å². The van der Waals surface area contributed by atoms with Gasteiger partial charge in [0, 0.05) is 26.2 Å². The molecule has 0 bridgehead atoms. The van der Waals surface area contributed by atoms with Gasteiger partial charge < -0.3 is 10.0 Å². The molecule has 0 unspecified atom stereocenters. The first kappa shape index (κ1) is 22.6. The largest absolute Gasteiger partial charge is 0.417 e. The van der Waals surface area contributed by atoms with E-state index >= 15 is 0 Å². The van der Waals surface area contributed by atoms with Crippen LogP contribution in [0.4, 0.5) is 13.2 Å². The lowest BCUT2D eigenvalue weighted by molar-refractivity contribution is -0.254. The Morgan fingerprint density at radius 2 is 1.64 bits per heavy atom. The van der Waals surface area contributed by atoms with Crippen LogP contribution in [0, 0.1) is 0 Å². The Morgan fingerprint density at radius 1 is 1.11 bits per heavy atom. The van der Waals surface area contributed by atoms with Crippen LogP contribution in [0.3, 0.4) is 0 Å². The number of alkyl halides is 3. The fraction of sp³-hybridized carbons (Fsp3) is 0.611. The van der Waals surface area contributed by atoms with Crippen molar-refractivity contribution in [3.63, 3.8) is 0 Å². The van der Waals surface area contributed by atoms with Gasteiger partial charge in [0.05, 0.1) is 11.3 Å². The molecule has 10 heteroatoms. The van der Waals surface area contributed by atoms with Gasteiger partial charge >= 0.3 is 6.18 Å². The molecule has 1 aromatic rings. The summed E-state index contributed by atoms with van der Waals surface area (Å²) in [5.74, 6) is -0.858. The lowest BCUT2D eigenvalue weighted by atomic mass is 10.0. The van der Waals surface area contributed by atoms with Gasteiger partial charge in [-0.2, -0.15) is 17.5 Å². The molecule has 1 aliphatic heterocycles. The smallest absolute Gasteiger partial charge is 0.380 e. The van der Waals surface area contributed by atoms with Gasteiger partial charge in [-0.3, -0.25) is 4.79 Å². The van der Waals surface area contributed by atoms with Crippen molar-refractivity contribution in [2.45, 2.75) is 49.8 Å². The molecule has 1 aliphatic rings. The Balaban J connectivity index is 1.99. The SMILES string of the molecule is CCCc1ccc(S(=O)(=O)N2CCN(C(=O)C[C@@](C)(O)C(F)(F)F)CC2)cc1. The van der Waals surface area contributed by atoms with Gasteiger partial charge in [0.25, 0.3) is 0 Å². The van der Waals surface area contributed by atoms with Gasteiger partial charge in [-0.25, -0.2) is 8.42 Å². The van der Waals surface area contributed by atoms with E-state index in [9.17, 15) is 31.5 Å². The normalized spacial score (nSPS) is 18.7. The van der Waals surface area contributed by atoms with Crippen molar-refractivity contribution in [3.05, 3.63) is 29.8 Å². The molecule has 0 aliphatic carbocycles. The minimum Gasteiger partial charge on any atom is -0.380 e. The average Bonchev–Trinajstić information content (AvgIpc) is 2.61. The number of halogens is 3. The zero-order valence-electron chi connectivity index (χ0n) is 15.9. The van der Waals surface area contributed by atoms with E-state index in [1.54, 1.807) is 24.3 Å². The van der Waals surface area contributed by atoms with Crippen molar-refractivity contribution < 1.29 is 31.5 Å². The number of piperazine rings is 1. The van der Waals surface area contributed by atoms with Crippen LogP contribution in [0.15, 0.2) is 29.2 Å². The number of hydrogen-bond donors (Lipinski definition) is 1. The number of nitrogens with zero attached hydrogens (tertiary/aromatic N) is 2. The maximum absolute atomic E-state index is 12.7. The fourth-order valence-electron chi connectivity index (χ4n) is 2.95. The number of aliphatic hydroxyl groups is 1. The quantitative estimate of drug-likeness (QED) is 0.762. The molecule has 28 heavy (non-hydrogen) atoms. The van der Waals surface area contributed by atoms with Crippen molar-refractivity contribution >= 4 is 15.9 Å². The summed E-state index contributed by atoms with van der Waals surface area (Å²) in [6, 6.07) is 6.60. The third-order valence-corrected chi connectivity index (χ3v) is 6.71. The molecule has 1 saturated heterocycles. The number of aryl methyl sites for hydroxylation is 1. The van der Waals surface area contributed by atoms with Gasteiger partial charge in [0.1, 0.15) is 0 Å². The van der Waals surface area contributed by atoms with Crippen molar-refractivity contribution in [2.24, 2.45) is 0 Å². The average molecular weight is 422 g/mol. The van der Waals surface area contributed by atoms with Crippen LogP contribution in [-0.2, 0) is 21.2 Å². The lowest BCUT2D eigenvalue weighted by Gasteiger charge is -2.35. The number of hydrogen-bond acceptors (Lipinski definition) is 4. The summed E-state index contributed by atoms with van der Waals surface area (Å²) in [6.45, 7) is 2.49. The topological polar surface area (TPSA) is 77.9 Å². The standard InChI is InChI=1S/C18H25F3N2O4S/c1-3-4-14-5-7-15(8-6-14)28(26,27)23-11-9-22(10-12-23)16(24)13-17(2,25)18(19,20)21/h5-8,25H,3-4,9-13H2,1-2H3/t17-/m1/s1. The second kappa shape index (κ2) is 8.38. The maximum Gasteiger partial charge on any atom is 0.417 e. The highest BCUT2D eigenvalue weighted by Gasteiger charge is 2.51. The predicted octanol–water partition coefficient (Wildman–Crippen LogP) is 2.18. The Hall–Kier alpha value is -1.65. The molecule has 1 fully saturated rings. The highest BCUT2D eigenvalue weighted by Crippen LogP contribution is 2.33. The van der Waals surface area contributed by atoms with Crippen LogP contribution >= 0.6 is 0 Å². The Morgan fingerprint density at radius 3 is 2.11 bits per heavy atom. The minimum absolute atomic E-state index is 0.0149. The molecule has 0 aromatic heterocycles. The minimum atomic E-state index is -4.92. The number of sulfonamides is 1. The van der Waals surface area contributed by atoms with E-state index < -0.39 is 34.1 Å². The number of amides is 1. The first-order valence-corrected chi connectivity index (χ1v) is 10.5. The fourth-order valence-corrected chi connectivity index (χ4v) is 4.37. The number of rotatable bonds is 6. The van der Waals surface area contributed by atoms with Gasteiger partial charge in [-0.15, -0.1) is 0 Å². The third kappa shape index (κ3) is 5.03. The Labute approximate surface area is 163 Å². The highest BCUT2D eigenvalue weighted by molar-refractivity contribution is 7.89. The van der Waals surface area contributed by atoms with E-state index in [2.05, 4.69) is 0 Å². The monoisotopic (exact) mass is 422 g/mol. The summed E-state index contributed by atoms with van der Waals surface area (Å²) in [6.07, 6.45) is -4.22. The Bertz CT molecular complexity index is 784. The first-order chi connectivity index (χ1) is 12.9. The van der Waals surface area contributed by atoms with E-state index in [1.165, 1.54) is 4.31 Å². The molecule has 158 valence electrons. The lowest BCUT2D eigenvalue weighted by Crippen LogP contribution is -2.53. The van der Waals surface area contributed by atoms with E-state index in [4.69, 9.17) is 0 Å². The summed E-state index contributed by atoms with van der Waals surface area (Å²) < 4.78 is 64.9. The van der Waals surface area contributed by atoms with Crippen molar-refractivity contribution in [2.75, 3.05) is 26.2 Å². The van der Waals surface area contributed by atoms with Crippen LogP contribution in [0.1, 0.15) is 32.3 Å². The van der Waals surface area contributed by atoms with Crippen LogP contribution in [0.5, 0.6) is 0 Å². The first-order valence-electron chi connectivity index (χ1n) is 9.04. The molecule has 1 aromatic carbocycles. The van der Waals surface area contributed by atoms with Gasteiger partial charge in [0.15, 0.2) is 5.60 Å². The molecular weight excluding hydrogens is 397 g/mol. The summed E-state index contributed by atoms with van der Waals surface area (Å²) in [5.41, 5.74) is -2.08. The molecule has 1 atom stereocenters.